The molecule has 0 amide bonds. The highest BCUT2D eigenvalue weighted by atomic mass is 35.5. The largest absolute Gasteiger partial charge is 0.122 e. The van der Waals surface area contributed by atoms with Gasteiger partial charge in [-0.3, -0.25) is 0 Å². The molecular formula is C26H24ClP. The molecule has 28 heavy (non-hydrogen) atoms. The lowest BCUT2D eigenvalue weighted by atomic mass is 10.2. The Morgan fingerprint density at radius 3 is 1.32 bits per heavy atom. The molecule has 0 bridgehead atoms. The fourth-order valence-electron chi connectivity index (χ4n) is 2.97. The highest BCUT2D eigenvalue weighted by Crippen LogP contribution is 2.32. The quantitative estimate of drug-likeness (QED) is 0.282. The van der Waals surface area contributed by atoms with E-state index < -0.39 is 7.92 Å². The Kier molecular flexibility index (Phi) is 7.85. The predicted octanol–water partition coefficient (Wildman–Crippen LogP) is 6.18. The Morgan fingerprint density at radius 2 is 1.00 bits per heavy atom. The van der Waals surface area contributed by atoms with E-state index in [1.807, 2.05) is 12.1 Å². The average Bonchev–Trinajstić information content (AvgIpc) is 2.77. The second-order valence-corrected chi connectivity index (χ2v) is 8.95. The van der Waals surface area contributed by atoms with E-state index in [1.165, 1.54) is 27.0 Å². The SMILES string of the molecule is Cc1cccc(CCl)c1.c1ccc(P(c2ccccc2)c2ccccc2)cc1. The summed E-state index contributed by atoms with van der Waals surface area (Å²) >= 11 is 5.60. The van der Waals surface area contributed by atoms with E-state index in [4.69, 9.17) is 11.6 Å². The maximum Gasteiger partial charge on any atom is 0.0474 e. The minimum Gasteiger partial charge on any atom is -0.122 e. The molecule has 0 saturated heterocycles. The van der Waals surface area contributed by atoms with Crippen LogP contribution in [0.3, 0.4) is 0 Å². The zero-order valence-corrected chi connectivity index (χ0v) is 17.7. The fraction of sp³-hybridized carbons (Fsp3) is 0.0769. The van der Waals surface area contributed by atoms with Crippen LogP contribution >= 0.6 is 19.5 Å². The van der Waals surface area contributed by atoms with Gasteiger partial charge in [0.25, 0.3) is 0 Å². The van der Waals surface area contributed by atoms with Gasteiger partial charge in [-0.25, -0.2) is 0 Å². The normalized spacial score (nSPS) is 10.2. The van der Waals surface area contributed by atoms with Gasteiger partial charge in [-0.05, 0) is 36.3 Å². The molecule has 0 heterocycles. The minimum absolute atomic E-state index is 0.446. The molecule has 0 aliphatic rings. The number of benzene rings is 4. The van der Waals surface area contributed by atoms with Crippen LogP contribution in [0.15, 0.2) is 115 Å². The summed E-state index contributed by atoms with van der Waals surface area (Å²) in [6, 6.07) is 40.5. The van der Waals surface area contributed by atoms with Gasteiger partial charge in [0, 0.05) is 5.88 Å². The summed E-state index contributed by atoms with van der Waals surface area (Å²) in [5.41, 5.74) is 2.46. The van der Waals surface area contributed by atoms with Crippen molar-refractivity contribution in [2.24, 2.45) is 0 Å². The maximum absolute atomic E-state index is 5.60. The first-order chi connectivity index (χ1) is 13.8. The standard InChI is InChI=1S/C18H15P.C8H9Cl/c1-4-10-16(11-5-1)19(17-12-6-2-7-13-17)18-14-8-3-9-15-18;1-7-3-2-4-8(5-7)6-9/h1-15H;2-5H,6H2,1H3. The van der Waals surface area contributed by atoms with Gasteiger partial charge in [-0.15, -0.1) is 11.6 Å². The number of aryl methyl sites for hydroxylation is 1. The number of hydrogen-bond acceptors (Lipinski definition) is 0. The van der Waals surface area contributed by atoms with Gasteiger partial charge in [0.1, 0.15) is 0 Å². The Balaban J connectivity index is 0.000000211. The third-order valence-electron chi connectivity index (χ3n) is 4.28. The van der Waals surface area contributed by atoms with E-state index >= 15 is 0 Å². The summed E-state index contributed by atoms with van der Waals surface area (Å²) < 4.78 is 0. The van der Waals surface area contributed by atoms with E-state index in [9.17, 15) is 0 Å². The molecule has 0 N–H and O–H groups in total. The molecule has 0 atom stereocenters. The van der Waals surface area contributed by atoms with Crippen LogP contribution in [-0.4, -0.2) is 0 Å². The molecule has 2 heteroatoms. The molecule has 0 aliphatic carbocycles. The first-order valence-electron chi connectivity index (χ1n) is 9.35. The number of rotatable bonds is 4. The topological polar surface area (TPSA) is 0 Å². The summed E-state index contributed by atoms with van der Waals surface area (Å²) in [6.45, 7) is 2.07. The van der Waals surface area contributed by atoms with Crippen molar-refractivity contribution in [2.45, 2.75) is 12.8 Å². The molecule has 0 nitrogen and oxygen atoms in total. The summed E-state index contributed by atoms with van der Waals surface area (Å²) in [4.78, 5) is 0. The molecule has 4 aromatic carbocycles. The van der Waals surface area contributed by atoms with Crippen LogP contribution in [-0.2, 0) is 5.88 Å². The highest BCUT2D eigenvalue weighted by molar-refractivity contribution is 7.79. The Bertz CT molecular complexity index is 859. The zero-order chi connectivity index (χ0) is 19.6. The summed E-state index contributed by atoms with van der Waals surface area (Å²) in [7, 11) is -0.446. The second-order valence-electron chi connectivity index (χ2n) is 6.46. The lowest BCUT2D eigenvalue weighted by Crippen LogP contribution is -2.20. The second kappa shape index (κ2) is 10.8. The van der Waals surface area contributed by atoms with Crippen molar-refractivity contribution in [3.8, 4) is 0 Å². The summed E-state index contributed by atoms with van der Waals surface area (Å²) in [5.74, 6) is 0.613. The van der Waals surface area contributed by atoms with Crippen molar-refractivity contribution in [2.75, 3.05) is 0 Å². The van der Waals surface area contributed by atoms with Gasteiger partial charge in [0.2, 0.25) is 0 Å². The number of alkyl halides is 1. The van der Waals surface area contributed by atoms with E-state index in [0.29, 0.717) is 5.88 Å². The van der Waals surface area contributed by atoms with Crippen molar-refractivity contribution in [1.29, 1.82) is 0 Å². The van der Waals surface area contributed by atoms with Gasteiger partial charge >= 0.3 is 0 Å². The van der Waals surface area contributed by atoms with Gasteiger partial charge in [0.05, 0.1) is 0 Å². The molecule has 140 valence electrons. The van der Waals surface area contributed by atoms with Gasteiger partial charge in [0.15, 0.2) is 0 Å². The lowest BCUT2D eigenvalue weighted by molar-refractivity contribution is 1.35. The predicted molar refractivity (Wildman–Crippen MR) is 126 cm³/mol. The number of hydrogen-bond donors (Lipinski definition) is 0. The Morgan fingerprint density at radius 1 is 0.571 bits per heavy atom. The van der Waals surface area contributed by atoms with E-state index in [1.54, 1.807) is 0 Å². The number of halogens is 1. The lowest BCUT2D eigenvalue weighted by Gasteiger charge is -2.18. The van der Waals surface area contributed by atoms with Crippen LogP contribution in [0.2, 0.25) is 0 Å². The van der Waals surface area contributed by atoms with Crippen LogP contribution in [0.1, 0.15) is 11.1 Å². The van der Waals surface area contributed by atoms with Crippen molar-refractivity contribution in [3.05, 3.63) is 126 Å². The van der Waals surface area contributed by atoms with Crippen LogP contribution in [0.25, 0.3) is 0 Å². The third kappa shape index (κ3) is 5.80. The molecular weight excluding hydrogens is 379 g/mol. The molecule has 0 fully saturated rings. The fourth-order valence-corrected chi connectivity index (χ4v) is 5.45. The van der Waals surface area contributed by atoms with Gasteiger partial charge < -0.3 is 0 Å². The van der Waals surface area contributed by atoms with Crippen LogP contribution < -0.4 is 15.9 Å². The van der Waals surface area contributed by atoms with Crippen LogP contribution in [0.5, 0.6) is 0 Å². The molecule has 0 spiro atoms. The zero-order valence-electron chi connectivity index (χ0n) is 16.0. The third-order valence-corrected chi connectivity index (χ3v) is 7.03. The average molecular weight is 403 g/mol. The first kappa shape index (κ1) is 20.3. The van der Waals surface area contributed by atoms with Crippen molar-refractivity contribution < 1.29 is 0 Å². The molecule has 0 radical (unpaired) electrons. The van der Waals surface area contributed by atoms with E-state index in [-0.39, 0.29) is 0 Å². The highest BCUT2D eigenvalue weighted by Gasteiger charge is 2.14. The molecule has 0 unspecified atom stereocenters. The van der Waals surface area contributed by atoms with Crippen molar-refractivity contribution >= 4 is 35.4 Å². The van der Waals surface area contributed by atoms with Crippen LogP contribution in [0, 0.1) is 6.92 Å². The van der Waals surface area contributed by atoms with Gasteiger partial charge in [-0.2, -0.15) is 0 Å². The monoisotopic (exact) mass is 402 g/mol. The maximum atomic E-state index is 5.60. The molecule has 0 aromatic heterocycles. The first-order valence-corrected chi connectivity index (χ1v) is 11.2. The van der Waals surface area contributed by atoms with E-state index in [0.717, 1.165) is 0 Å². The van der Waals surface area contributed by atoms with Crippen molar-refractivity contribution in [3.63, 3.8) is 0 Å². The van der Waals surface area contributed by atoms with Crippen molar-refractivity contribution in [1.82, 2.24) is 0 Å². The molecule has 4 aromatic rings. The summed E-state index contributed by atoms with van der Waals surface area (Å²) in [6.07, 6.45) is 0. The van der Waals surface area contributed by atoms with Crippen LogP contribution in [0.4, 0.5) is 0 Å². The molecule has 0 aliphatic heterocycles. The van der Waals surface area contributed by atoms with Gasteiger partial charge in [-0.1, -0.05) is 121 Å². The Hall–Kier alpha value is -2.40. The molecule has 4 rings (SSSR count). The smallest absolute Gasteiger partial charge is 0.0474 e. The summed E-state index contributed by atoms with van der Waals surface area (Å²) in [5, 5.41) is 4.19. The minimum atomic E-state index is -0.446. The Labute approximate surface area is 174 Å². The van der Waals surface area contributed by atoms with E-state index in [2.05, 4.69) is 110 Å². The molecule has 0 saturated carbocycles.